The summed E-state index contributed by atoms with van der Waals surface area (Å²) in [5.74, 6) is 0. The summed E-state index contributed by atoms with van der Waals surface area (Å²) in [7, 11) is 0. The van der Waals surface area contributed by atoms with Gasteiger partial charge in [-0.25, -0.2) is 0 Å². The minimum atomic E-state index is 0.887. The van der Waals surface area contributed by atoms with Crippen molar-refractivity contribution in [3.05, 3.63) is 109 Å². The van der Waals surface area contributed by atoms with E-state index in [1.165, 1.54) is 48.7 Å². The SMILES string of the molecule is c1ccc(-c2cc(-c3ccc4c5cccc6cccc(c7cccc3c74)c65)ccn2)nc1. The predicted octanol–water partition coefficient (Wildman–Crippen LogP) is 7.86. The van der Waals surface area contributed by atoms with Crippen LogP contribution in [0.5, 0.6) is 0 Å². The molecule has 0 unspecified atom stereocenters. The fourth-order valence-electron chi connectivity index (χ4n) is 5.15. The van der Waals surface area contributed by atoms with Crippen LogP contribution in [0.25, 0.3) is 65.6 Å². The fraction of sp³-hybridized carbons (Fsp3) is 0. The second-order valence-corrected chi connectivity index (χ2v) is 8.24. The molecular formula is C30H18N2. The first kappa shape index (κ1) is 17.4. The van der Waals surface area contributed by atoms with Crippen LogP contribution in [0.15, 0.2) is 109 Å². The number of aromatic nitrogens is 2. The second-order valence-electron chi connectivity index (χ2n) is 8.24. The summed E-state index contributed by atoms with van der Waals surface area (Å²) < 4.78 is 0. The quantitative estimate of drug-likeness (QED) is 0.216. The number of rotatable bonds is 2. The molecule has 0 spiro atoms. The maximum Gasteiger partial charge on any atom is 0.0892 e. The van der Waals surface area contributed by atoms with Crippen LogP contribution >= 0.6 is 0 Å². The highest BCUT2D eigenvalue weighted by atomic mass is 14.8. The summed E-state index contributed by atoms with van der Waals surface area (Å²) in [5.41, 5.74) is 4.15. The Morgan fingerprint density at radius 2 is 1.12 bits per heavy atom. The van der Waals surface area contributed by atoms with Crippen molar-refractivity contribution in [3.63, 3.8) is 0 Å². The molecule has 2 heterocycles. The molecule has 0 aliphatic heterocycles. The second kappa shape index (κ2) is 6.60. The van der Waals surface area contributed by atoms with Crippen molar-refractivity contribution in [2.75, 3.05) is 0 Å². The van der Waals surface area contributed by atoms with E-state index in [0.29, 0.717) is 0 Å². The summed E-state index contributed by atoms with van der Waals surface area (Å²) in [6, 6.07) is 34.6. The highest BCUT2D eigenvalue weighted by molar-refractivity contribution is 6.34. The van der Waals surface area contributed by atoms with Crippen molar-refractivity contribution in [3.8, 4) is 22.5 Å². The molecule has 32 heavy (non-hydrogen) atoms. The van der Waals surface area contributed by atoms with E-state index < -0.39 is 0 Å². The first-order chi connectivity index (χ1) is 15.9. The van der Waals surface area contributed by atoms with Crippen molar-refractivity contribution in [2.45, 2.75) is 0 Å². The lowest BCUT2D eigenvalue weighted by Crippen LogP contribution is -1.91. The minimum absolute atomic E-state index is 0.887. The molecule has 0 bridgehead atoms. The van der Waals surface area contributed by atoms with E-state index in [4.69, 9.17) is 0 Å². The van der Waals surface area contributed by atoms with Gasteiger partial charge in [0.1, 0.15) is 0 Å². The topological polar surface area (TPSA) is 25.8 Å². The molecule has 7 rings (SSSR count). The maximum absolute atomic E-state index is 4.57. The van der Waals surface area contributed by atoms with Crippen LogP contribution in [-0.4, -0.2) is 9.97 Å². The number of pyridine rings is 2. The van der Waals surface area contributed by atoms with Gasteiger partial charge < -0.3 is 0 Å². The first-order valence-electron chi connectivity index (χ1n) is 10.8. The molecule has 0 aliphatic carbocycles. The van der Waals surface area contributed by atoms with Crippen LogP contribution < -0.4 is 0 Å². The zero-order chi connectivity index (χ0) is 21.1. The molecule has 0 aliphatic rings. The van der Waals surface area contributed by atoms with Gasteiger partial charge in [0.05, 0.1) is 11.4 Å². The molecule has 7 aromatic rings. The number of nitrogens with zero attached hydrogens (tertiary/aromatic N) is 2. The largest absolute Gasteiger partial charge is 0.255 e. The molecule has 2 aromatic heterocycles. The van der Waals surface area contributed by atoms with Gasteiger partial charge in [-0.2, -0.15) is 0 Å². The lowest BCUT2D eigenvalue weighted by Gasteiger charge is -2.16. The highest BCUT2D eigenvalue weighted by Gasteiger charge is 2.15. The van der Waals surface area contributed by atoms with E-state index in [0.717, 1.165) is 17.0 Å². The molecule has 5 aromatic carbocycles. The van der Waals surface area contributed by atoms with E-state index in [2.05, 4.69) is 88.8 Å². The summed E-state index contributed by atoms with van der Waals surface area (Å²) in [4.78, 5) is 9.05. The van der Waals surface area contributed by atoms with Crippen LogP contribution in [0.3, 0.4) is 0 Å². The summed E-state index contributed by atoms with van der Waals surface area (Å²) in [6.45, 7) is 0. The molecule has 0 atom stereocenters. The predicted molar refractivity (Wildman–Crippen MR) is 134 cm³/mol. The molecule has 0 radical (unpaired) electrons. The third-order valence-corrected chi connectivity index (χ3v) is 6.52. The Balaban J connectivity index is 1.58. The molecule has 0 amide bonds. The van der Waals surface area contributed by atoms with Gasteiger partial charge in [-0.05, 0) is 78.5 Å². The number of hydrogen-bond donors (Lipinski definition) is 0. The molecule has 0 fully saturated rings. The van der Waals surface area contributed by atoms with Gasteiger partial charge in [-0.3, -0.25) is 9.97 Å². The van der Waals surface area contributed by atoms with Crippen LogP contribution in [0.1, 0.15) is 0 Å². The minimum Gasteiger partial charge on any atom is -0.255 e. The molecule has 148 valence electrons. The Kier molecular flexibility index (Phi) is 3.58. The Morgan fingerprint density at radius 3 is 1.91 bits per heavy atom. The average Bonchev–Trinajstić information content (AvgIpc) is 2.87. The number of hydrogen-bond acceptors (Lipinski definition) is 2. The third-order valence-electron chi connectivity index (χ3n) is 6.52. The smallest absolute Gasteiger partial charge is 0.0892 e. The zero-order valence-electron chi connectivity index (χ0n) is 17.3. The Labute approximate surface area is 185 Å². The van der Waals surface area contributed by atoms with Crippen molar-refractivity contribution in [1.82, 2.24) is 9.97 Å². The standard InChI is InChI=1S/C30H18N2/c1-2-16-31-27(12-1)28-18-20(15-17-32-28)21-13-14-26-24-9-4-7-19-6-3-8-23(29(19)24)25-11-5-10-22(21)30(25)26/h1-18H. The van der Waals surface area contributed by atoms with Gasteiger partial charge in [-0.15, -0.1) is 0 Å². The van der Waals surface area contributed by atoms with Crippen LogP contribution in [0.2, 0.25) is 0 Å². The first-order valence-corrected chi connectivity index (χ1v) is 10.8. The summed E-state index contributed by atoms with van der Waals surface area (Å²) >= 11 is 0. The lowest BCUT2D eigenvalue weighted by molar-refractivity contribution is 1.25. The highest BCUT2D eigenvalue weighted by Crippen LogP contribution is 2.43. The third kappa shape index (κ3) is 2.41. The number of benzene rings is 5. The normalized spacial score (nSPS) is 11.8. The van der Waals surface area contributed by atoms with Crippen molar-refractivity contribution >= 4 is 43.1 Å². The van der Waals surface area contributed by atoms with E-state index >= 15 is 0 Å². The molecule has 0 N–H and O–H groups in total. The maximum atomic E-state index is 4.57. The van der Waals surface area contributed by atoms with Crippen molar-refractivity contribution in [1.29, 1.82) is 0 Å². The molecule has 2 heteroatoms. The Bertz CT molecular complexity index is 1720. The van der Waals surface area contributed by atoms with Gasteiger partial charge in [0, 0.05) is 12.4 Å². The van der Waals surface area contributed by atoms with Gasteiger partial charge in [0.15, 0.2) is 0 Å². The Hall–Kier alpha value is -4.30. The summed E-state index contributed by atoms with van der Waals surface area (Å²) in [6.07, 6.45) is 3.69. The monoisotopic (exact) mass is 406 g/mol. The molecule has 2 nitrogen and oxygen atoms in total. The van der Waals surface area contributed by atoms with Gasteiger partial charge in [0.2, 0.25) is 0 Å². The summed E-state index contributed by atoms with van der Waals surface area (Å²) in [5, 5.41) is 10.5. The van der Waals surface area contributed by atoms with Crippen LogP contribution in [0, 0.1) is 0 Å². The molecule has 0 saturated carbocycles. The lowest BCUT2D eigenvalue weighted by atomic mass is 9.87. The Morgan fingerprint density at radius 1 is 0.438 bits per heavy atom. The van der Waals surface area contributed by atoms with Gasteiger partial charge in [-0.1, -0.05) is 72.8 Å². The van der Waals surface area contributed by atoms with E-state index in [-0.39, 0.29) is 0 Å². The van der Waals surface area contributed by atoms with E-state index in [9.17, 15) is 0 Å². The molecule has 0 saturated heterocycles. The molecular weight excluding hydrogens is 388 g/mol. The van der Waals surface area contributed by atoms with Crippen LogP contribution in [0.4, 0.5) is 0 Å². The average molecular weight is 406 g/mol. The number of fused-ring (bicyclic) bond motifs is 2. The van der Waals surface area contributed by atoms with E-state index in [1.54, 1.807) is 0 Å². The van der Waals surface area contributed by atoms with Crippen molar-refractivity contribution in [2.24, 2.45) is 0 Å². The van der Waals surface area contributed by atoms with Crippen molar-refractivity contribution < 1.29 is 0 Å². The zero-order valence-corrected chi connectivity index (χ0v) is 17.3. The van der Waals surface area contributed by atoms with Gasteiger partial charge in [0.25, 0.3) is 0 Å². The van der Waals surface area contributed by atoms with E-state index in [1.807, 2.05) is 30.6 Å². The van der Waals surface area contributed by atoms with Gasteiger partial charge >= 0.3 is 0 Å². The fourth-order valence-corrected chi connectivity index (χ4v) is 5.15. The van der Waals surface area contributed by atoms with Crippen LogP contribution in [-0.2, 0) is 0 Å².